The summed E-state index contributed by atoms with van der Waals surface area (Å²) >= 11 is 1.66. The third kappa shape index (κ3) is 5.09. The molecule has 6 nitrogen and oxygen atoms in total. The number of hydrogen-bond donors (Lipinski definition) is 1. The highest BCUT2D eigenvalue weighted by atomic mass is 32.1. The zero-order chi connectivity index (χ0) is 17.5. The molecule has 2 aromatic rings. The van der Waals surface area contributed by atoms with Crippen LogP contribution in [-0.4, -0.2) is 44.2 Å². The average molecular weight is 361 g/mol. The molecule has 1 aromatic carbocycles. The van der Waals surface area contributed by atoms with E-state index >= 15 is 0 Å². The predicted molar refractivity (Wildman–Crippen MR) is 98.5 cm³/mol. The average Bonchev–Trinajstić information content (AvgIpc) is 3.20. The Hall–Kier alpha value is -2.28. The van der Waals surface area contributed by atoms with Crippen molar-refractivity contribution in [2.24, 2.45) is 5.92 Å². The zero-order valence-corrected chi connectivity index (χ0v) is 15.1. The van der Waals surface area contributed by atoms with Crippen molar-refractivity contribution in [1.82, 2.24) is 10.3 Å². The summed E-state index contributed by atoms with van der Waals surface area (Å²) in [6, 6.07) is 7.24. The third-order valence-electron chi connectivity index (χ3n) is 4.21. The molecule has 1 aliphatic heterocycles. The summed E-state index contributed by atoms with van der Waals surface area (Å²) in [6.45, 7) is 2.65. The summed E-state index contributed by atoms with van der Waals surface area (Å²) in [6.07, 6.45) is 4.08. The fourth-order valence-electron chi connectivity index (χ4n) is 2.93. The Kier molecular flexibility index (Phi) is 6.11. The van der Waals surface area contributed by atoms with Crippen LogP contribution < -0.4 is 19.7 Å². The zero-order valence-electron chi connectivity index (χ0n) is 14.3. The molecular formula is C18H23N3O3S. The molecule has 0 saturated carbocycles. The second kappa shape index (κ2) is 8.71. The number of benzene rings is 1. The molecule has 3 rings (SSSR count). The van der Waals surface area contributed by atoms with Gasteiger partial charge in [-0.05, 0) is 30.9 Å². The molecule has 1 aromatic heterocycles. The van der Waals surface area contributed by atoms with Gasteiger partial charge in [0.15, 0.2) is 11.7 Å². The minimum atomic E-state index is -0.103. The molecular weight excluding hydrogens is 338 g/mol. The SMILES string of the molecule is COc1cccc(OCC(=O)NCC2CCCN(c3nccs3)C2)c1. The van der Waals surface area contributed by atoms with Crippen LogP contribution in [-0.2, 0) is 4.79 Å². The number of nitrogens with one attached hydrogen (secondary N) is 1. The lowest BCUT2D eigenvalue weighted by Gasteiger charge is -2.32. The Bertz CT molecular complexity index is 678. The van der Waals surface area contributed by atoms with E-state index in [1.54, 1.807) is 24.5 Å². The molecule has 1 fully saturated rings. The van der Waals surface area contributed by atoms with E-state index in [0.717, 1.165) is 31.1 Å². The van der Waals surface area contributed by atoms with E-state index in [2.05, 4.69) is 15.2 Å². The fourth-order valence-corrected chi connectivity index (χ4v) is 3.61. The normalized spacial score (nSPS) is 17.2. The van der Waals surface area contributed by atoms with Crippen LogP contribution in [0.5, 0.6) is 11.5 Å². The fraction of sp³-hybridized carbons (Fsp3) is 0.444. The van der Waals surface area contributed by atoms with E-state index in [1.165, 1.54) is 0 Å². The van der Waals surface area contributed by atoms with Crippen molar-refractivity contribution in [3.63, 3.8) is 0 Å². The van der Waals surface area contributed by atoms with Crippen LogP contribution in [0.3, 0.4) is 0 Å². The van der Waals surface area contributed by atoms with Crippen LogP contribution in [0, 0.1) is 5.92 Å². The number of carbonyl (C=O) groups is 1. The van der Waals surface area contributed by atoms with Gasteiger partial charge >= 0.3 is 0 Å². The van der Waals surface area contributed by atoms with Gasteiger partial charge in [0.25, 0.3) is 5.91 Å². The largest absolute Gasteiger partial charge is 0.497 e. The summed E-state index contributed by atoms with van der Waals surface area (Å²) in [7, 11) is 1.60. The Morgan fingerprint density at radius 1 is 1.44 bits per heavy atom. The molecule has 1 atom stereocenters. The lowest BCUT2D eigenvalue weighted by atomic mass is 9.98. The van der Waals surface area contributed by atoms with Crippen LogP contribution in [0.15, 0.2) is 35.8 Å². The van der Waals surface area contributed by atoms with Crippen molar-refractivity contribution in [3.05, 3.63) is 35.8 Å². The number of rotatable bonds is 7. The van der Waals surface area contributed by atoms with Crippen molar-refractivity contribution >= 4 is 22.4 Å². The van der Waals surface area contributed by atoms with Crippen LogP contribution >= 0.6 is 11.3 Å². The van der Waals surface area contributed by atoms with Gasteiger partial charge in [-0.15, -0.1) is 11.3 Å². The number of anilines is 1. The second-order valence-corrected chi connectivity index (χ2v) is 6.91. The van der Waals surface area contributed by atoms with Gasteiger partial charge in [0.2, 0.25) is 0 Å². The second-order valence-electron chi connectivity index (χ2n) is 6.04. The first-order valence-electron chi connectivity index (χ1n) is 8.42. The molecule has 1 saturated heterocycles. The molecule has 1 aliphatic rings. The standard InChI is InChI=1S/C18H23N3O3S/c1-23-15-5-2-6-16(10-15)24-13-17(22)20-11-14-4-3-8-21(12-14)18-19-7-9-25-18/h2,5-7,9-10,14H,3-4,8,11-13H2,1H3,(H,20,22). The van der Waals surface area contributed by atoms with Crippen molar-refractivity contribution in [2.75, 3.05) is 38.3 Å². The Morgan fingerprint density at radius 3 is 3.12 bits per heavy atom. The van der Waals surface area contributed by atoms with Gasteiger partial charge in [-0.3, -0.25) is 4.79 Å². The van der Waals surface area contributed by atoms with Gasteiger partial charge in [0, 0.05) is 37.3 Å². The first kappa shape index (κ1) is 17.5. The summed E-state index contributed by atoms with van der Waals surface area (Å²) < 4.78 is 10.7. The highest BCUT2D eigenvalue weighted by molar-refractivity contribution is 7.13. The highest BCUT2D eigenvalue weighted by Crippen LogP contribution is 2.24. The van der Waals surface area contributed by atoms with Crippen LogP contribution in [0.2, 0.25) is 0 Å². The number of aromatic nitrogens is 1. The van der Waals surface area contributed by atoms with Crippen LogP contribution in [0.4, 0.5) is 5.13 Å². The topological polar surface area (TPSA) is 63.7 Å². The molecule has 0 aliphatic carbocycles. The van der Waals surface area contributed by atoms with Gasteiger partial charge in [-0.2, -0.15) is 0 Å². The van der Waals surface area contributed by atoms with E-state index in [1.807, 2.05) is 29.8 Å². The number of methoxy groups -OCH3 is 1. The summed E-state index contributed by atoms with van der Waals surface area (Å²) in [5.74, 6) is 1.68. The third-order valence-corrected chi connectivity index (χ3v) is 5.04. The molecule has 1 amide bonds. The number of ether oxygens (including phenoxy) is 2. The highest BCUT2D eigenvalue weighted by Gasteiger charge is 2.21. The van der Waals surface area contributed by atoms with E-state index in [9.17, 15) is 4.79 Å². The van der Waals surface area contributed by atoms with Crippen molar-refractivity contribution in [2.45, 2.75) is 12.8 Å². The van der Waals surface area contributed by atoms with Gasteiger partial charge in [0.05, 0.1) is 7.11 Å². The number of hydrogen-bond acceptors (Lipinski definition) is 6. The van der Waals surface area contributed by atoms with Gasteiger partial charge in [0.1, 0.15) is 11.5 Å². The lowest BCUT2D eigenvalue weighted by molar-refractivity contribution is -0.123. The van der Waals surface area contributed by atoms with Crippen LogP contribution in [0.25, 0.3) is 0 Å². The lowest BCUT2D eigenvalue weighted by Crippen LogP contribution is -2.41. The van der Waals surface area contributed by atoms with Crippen molar-refractivity contribution < 1.29 is 14.3 Å². The molecule has 2 heterocycles. The number of carbonyl (C=O) groups excluding carboxylic acids is 1. The maximum Gasteiger partial charge on any atom is 0.257 e. The van der Waals surface area contributed by atoms with E-state index in [0.29, 0.717) is 24.0 Å². The Balaban J connectivity index is 1.41. The quantitative estimate of drug-likeness (QED) is 0.821. The maximum atomic E-state index is 12.0. The Morgan fingerprint density at radius 2 is 2.32 bits per heavy atom. The number of amides is 1. The minimum Gasteiger partial charge on any atom is -0.497 e. The number of thiazole rings is 1. The summed E-state index contributed by atoms with van der Waals surface area (Å²) in [4.78, 5) is 18.7. The maximum absolute atomic E-state index is 12.0. The predicted octanol–water partition coefficient (Wildman–Crippen LogP) is 2.56. The number of nitrogens with zero attached hydrogens (tertiary/aromatic N) is 2. The Labute approximate surface area is 151 Å². The molecule has 0 bridgehead atoms. The van der Waals surface area contributed by atoms with E-state index in [4.69, 9.17) is 9.47 Å². The molecule has 1 N–H and O–H groups in total. The van der Waals surface area contributed by atoms with Gasteiger partial charge < -0.3 is 19.7 Å². The molecule has 1 unspecified atom stereocenters. The molecule has 0 radical (unpaired) electrons. The summed E-state index contributed by atoms with van der Waals surface area (Å²) in [5, 5.41) is 6.04. The monoisotopic (exact) mass is 361 g/mol. The first-order valence-corrected chi connectivity index (χ1v) is 9.30. The smallest absolute Gasteiger partial charge is 0.257 e. The summed E-state index contributed by atoms with van der Waals surface area (Å²) in [5.41, 5.74) is 0. The van der Waals surface area contributed by atoms with Crippen LogP contribution in [0.1, 0.15) is 12.8 Å². The molecule has 134 valence electrons. The first-order chi connectivity index (χ1) is 12.2. The number of piperidine rings is 1. The molecule has 25 heavy (non-hydrogen) atoms. The van der Waals surface area contributed by atoms with E-state index in [-0.39, 0.29) is 12.5 Å². The van der Waals surface area contributed by atoms with Crippen molar-refractivity contribution in [3.8, 4) is 11.5 Å². The van der Waals surface area contributed by atoms with Gasteiger partial charge in [-0.1, -0.05) is 6.07 Å². The van der Waals surface area contributed by atoms with Gasteiger partial charge in [-0.25, -0.2) is 4.98 Å². The molecule has 7 heteroatoms. The van der Waals surface area contributed by atoms with E-state index < -0.39 is 0 Å². The molecule has 0 spiro atoms. The minimum absolute atomic E-state index is 0.0100. The van der Waals surface area contributed by atoms with Crippen molar-refractivity contribution in [1.29, 1.82) is 0 Å².